The molecule has 0 radical (unpaired) electrons. The molecule has 1 atom stereocenters. The zero-order chi connectivity index (χ0) is 28.7. The van der Waals surface area contributed by atoms with E-state index < -0.39 is 6.04 Å². The van der Waals surface area contributed by atoms with E-state index in [1.54, 1.807) is 11.8 Å². The Balaban J connectivity index is 1.72. The second kappa shape index (κ2) is 17.1. The molecule has 0 aliphatic heterocycles. The van der Waals surface area contributed by atoms with Crippen LogP contribution in [0.25, 0.3) is 11.1 Å². The van der Waals surface area contributed by atoms with E-state index in [1.165, 1.54) is 6.42 Å². The minimum atomic E-state index is -0.659. The molecule has 3 rings (SSSR count). The van der Waals surface area contributed by atoms with Crippen LogP contribution in [-0.4, -0.2) is 48.6 Å². The van der Waals surface area contributed by atoms with Crippen LogP contribution in [0, 0.1) is 6.92 Å². The van der Waals surface area contributed by atoms with Crippen molar-refractivity contribution in [3.05, 3.63) is 59.2 Å². The van der Waals surface area contributed by atoms with Crippen LogP contribution < -0.4 is 5.32 Å². The standard InChI is InChI=1S/C33H45NO5S/c1-4-5-20-38-33(37)30(19-21-40-3)34-31(35)23-26-17-15-25(22-29(26)28-14-10-9-11-24(28)2)16-18-32(36)39-27-12-7-6-8-13-27/h9-11,14-15,17,22,27,30H,4-8,12-13,16,18-21,23H2,1-3H3,(H,34,35). The number of nitrogens with one attached hydrogen (secondary N) is 1. The van der Waals surface area contributed by atoms with Crippen molar-refractivity contribution in [2.75, 3.05) is 18.6 Å². The SMILES string of the molecule is CCCCOC(=O)C(CCSC)NC(=O)Cc1ccc(CCC(=O)OC2CCCCC2)cc1-c1ccccc1C. The Kier molecular flexibility index (Phi) is 13.6. The van der Waals surface area contributed by atoms with Gasteiger partial charge in [-0.25, -0.2) is 4.79 Å². The predicted molar refractivity (Wildman–Crippen MR) is 162 cm³/mol. The Bertz CT molecular complexity index is 1110. The summed E-state index contributed by atoms with van der Waals surface area (Å²) in [7, 11) is 0. The maximum Gasteiger partial charge on any atom is 0.328 e. The summed E-state index contributed by atoms with van der Waals surface area (Å²) in [6.07, 6.45) is 10.8. The average Bonchev–Trinajstić information content (AvgIpc) is 2.95. The van der Waals surface area contributed by atoms with E-state index in [0.717, 1.165) is 72.1 Å². The summed E-state index contributed by atoms with van der Waals surface area (Å²) in [4.78, 5) is 38.4. The van der Waals surface area contributed by atoms with Crippen molar-refractivity contribution in [1.29, 1.82) is 0 Å². The van der Waals surface area contributed by atoms with E-state index in [4.69, 9.17) is 9.47 Å². The van der Waals surface area contributed by atoms with Gasteiger partial charge in [-0.3, -0.25) is 9.59 Å². The quantitative estimate of drug-likeness (QED) is 0.193. The number of ether oxygens (including phenoxy) is 2. The number of unbranched alkanes of at least 4 members (excludes halogenated alkanes) is 1. The Morgan fingerprint density at radius 2 is 1.82 bits per heavy atom. The fraction of sp³-hybridized carbons (Fsp3) is 0.545. The Labute approximate surface area is 244 Å². The van der Waals surface area contributed by atoms with E-state index in [-0.39, 0.29) is 30.4 Å². The van der Waals surface area contributed by atoms with E-state index in [2.05, 4.69) is 30.4 Å². The molecule has 7 heteroatoms. The molecule has 2 aromatic rings. The molecule has 0 spiro atoms. The molecule has 40 heavy (non-hydrogen) atoms. The fourth-order valence-electron chi connectivity index (χ4n) is 5.05. The maximum absolute atomic E-state index is 13.2. The van der Waals surface area contributed by atoms with Gasteiger partial charge in [0.15, 0.2) is 0 Å². The van der Waals surface area contributed by atoms with Gasteiger partial charge >= 0.3 is 11.9 Å². The summed E-state index contributed by atoms with van der Waals surface area (Å²) in [5.74, 6) is 0.0257. The number of aryl methyl sites for hydroxylation is 2. The summed E-state index contributed by atoms with van der Waals surface area (Å²) in [5, 5.41) is 2.93. The van der Waals surface area contributed by atoms with Crippen molar-refractivity contribution in [2.24, 2.45) is 0 Å². The summed E-state index contributed by atoms with van der Waals surface area (Å²) >= 11 is 1.63. The molecule has 0 saturated heterocycles. The number of benzene rings is 2. The summed E-state index contributed by atoms with van der Waals surface area (Å²) < 4.78 is 11.1. The lowest BCUT2D eigenvalue weighted by Crippen LogP contribution is -2.43. The molecule has 0 bridgehead atoms. The number of hydrogen-bond donors (Lipinski definition) is 1. The van der Waals surface area contributed by atoms with Crippen LogP contribution in [0.1, 0.15) is 81.4 Å². The molecular weight excluding hydrogens is 522 g/mol. The average molecular weight is 568 g/mol. The van der Waals surface area contributed by atoms with Gasteiger partial charge in [0.25, 0.3) is 0 Å². The van der Waals surface area contributed by atoms with E-state index in [9.17, 15) is 14.4 Å². The third-order valence-electron chi connectivity index (χ3n) is 7.40. The molecule has 0 heterocycles. The van der Waals surface area contributed by atoms with E-state index in [1.807, 2.05) is 37.4 Å². The molecule has 1 amide bonds. The first-order valence-electron chi connectivity index (χ1n) is 14.7. The number of esters is 2. The van der Waals surface area contributed by atoms with Gasteiger partial charge in [-0.15, -0.1) is 0 Å². The lowest BCUT2D eigenvalue weighted by Gasteiger charge is -2.21. The van der Waals surface area contributed by atoms with Crippen LogP contribution in [0.2, 0.25) is 0 Å². The van der Waals surface area contributed by atoms with Crippen molar-refractivity contribution in [3.8, 4) is 11.1 Å². The first kappa shape index (κ1) is 31.7. The highest BCUT2D eigenvalue weighted by atomic mass is 32.2. The Morgan fingerprint density at radius 3 is 2.55 bits per heavy atom. The van der Waals surface area contributed by atoms with Crippen molar-refractivity contribution < 1.29 is 23.9 Å². The lowest BCUT2D eigenvalue weighted by atomic mass is 9.91. The minimum absolute atomic E-state index is 0.0633. The molecule has 1 saturated carbocycles. The molecular formula is C33H45NO5S. The third kappa shape index (κ3) is 10.3. The predicted octanol–water partition coefficient (Wildman–Crippen LogP) is 6.59. The summed E-state index contributed by atoms with van der Waals surface area (Å²) in [6, 6.07) is 13.5. The number of hydrogen-bond acceptors (Lipinski definition) is 6. The van der Waals surface area contributed by atoms with Gasteiger partial charge in [0.2, 0.25) is 5.91 Å². The van der Waals surface area contributed by atoms with Crippen LogP contribution in [0.5, 0.6) is 0 Å². The normalized spacial score (nSPS) is 14.4. The summed E-state index contributed by atoms with van der Waals surface area (Å²) in [6.45, 7) is 4.47. The highest BCUT2D eigenvalue weighted by Gasteiger charge is 2.23. The largest absolute Gasteiger partial charge is 0.464 e. The van der Waals surface area contributed by atoms with Gasteiger partial charge in [-0.05, 0) is 91.7 Å². The Morgan fingerprint density at radius 1 is 1.05 bits per heavy atom. The van der Waals surface area contributed by atoms with Gasteiger partial charge in [0, 0.05) is 6.42 Å². The van der Waals surface area contributed by atoms with Crippen molar-refractivity contribution in [1.82, 2.24) is 5.32 Å². The molecule has 1 aliphatic carbocycles. The zero-order valence-corrected chi connectivity index (χ0v) is 25.2. The molecule has 0 aromatic heterocycles. The second-order valence-electron chi connectivity index (χ2n) is 10.7. The van der Waals surface area contributed by atoms with Crippen molar-refractivity contribution in [2.45, 2.75) is 96.6 Å². The van der Waals surface area contributed by atoms with Crippen LogP contribution in [-0.2, 0) is 36.7 Å². The first-order chi connectivity index (χ1) is 19.4. The van der Waals surface area contributed by atoms with Gasteiger partial charge in [0.05, 0.1) is 13.0 Å². The van der Waals surface area contributed by atoms with E-state index >= 15 is 0 Å². The van der Waals surface area contributed by atoms with Crippen LogP contribution in [0.15, 0.2) is 42.5 Å². The molecule has 218 valence electrons. The molecule has 1 unspecified atom stereocenters. The number of carbonyl (C=O) groups excluding carboxylic acids is 3. The lowest BCUT2D eigenvalue weighted by molar-refractivity contribution is -0.150. The van der Waals surface area contributed by atoms with Crippen LogP contribution in [0.3, 0.4) is 0 Å². The van der Waals surface area contributed by atoms with Crippen molar-refractivity contribution >= 4 is 29.6 Å². The van der Waals surface area contributed by atoms with Gasteiger partial charge in [-0.2, -0.15) is 11.8 Å². The highest BCUT2D eigenvalue weighted by molar-refractivity contribution is 7.98. The van der Waals surface area contributed by atoms with Crippen molar-refractivity contribution in [3.63, 3.8) is 0 Å². The second-order valence-corrected chi connectivity index (χ2v) is 11.6. The number of amides is 1. The Hall–Kier alpha value is -2.80. The fourth-order valence-corrected chi connectivity index (χ4v) is 5.53. The van der Waals surface area contributed by atoms with Crippen LogP contribution in [0.4, 0.5) is 0 Å². The first-order valence-corrected chi connectivity index (χ1v) is 16.1. The molecule has 1 fully saturated rings. The summed E-state index contributed by atoms with van der Waals surface area (Å²) in [5.41, 5.74) is 5.03. The smallest absolute Gasteiger partial charge is 0.328 e. The molecule has 2 aromatic carbocycles. The highest BCUT2D eigenvalue weighted by Crippen LogP contribution is 2.29. The number of rotatable bonds is 15. The zero-order valence-electron chi connectivity index (χ0n) is 24.3. The minimum Gasteiger partial charge on any atom is -0.464 e. The monoisotopic (exact) mass is 567 g/mol. The molecule has 1 N–H and O–H groups in total. The van der Waals surface area contributed by atoms with Gasteiger partial charge in [-0.1, -0.05) is 62.2 Å². The van der Waals surface area contributed by atoms with Gasteiger partial charge in [0.1, 0.15) is 12.1 Å². The third-order valence-corrected chi connectivity index (χ3v) is 8.05. The van der Waals surface area contributed by atoms with Gasteiger partial charge < -0.3 is 14.8 Å². The topological polar surface area (TPSA) is 81.7 Å². The number of thioether (sulfide) groups is 1. The molecule has 1 aliphatic rings. The van der Waals surface area contributed by atoms with E-state index in [0.29, 0.717) is 25.9 Å². The molecule has 6 nitrogen and oxygen atoms in total. The van der Waals surface area contributed by atoms with Crippen LogP contribution >= 0.6 is 11.8 Å². The number of carbonyl (C=O) groups is 3. The maximum atomic E-state index is 13.2.